The lowest BCUT2D eigenvalue weighted by Gasteiger charge is -2.45. The van der Waals surface area contributed by atoms with E-state index in [9.17, 15) is 8.78 Å². The molecule has 2 aliphatic heterocycles. The van der Waals surface area contributed by atoms with E-state index in [1.807, 2.05) is 6.92 Å². The maximum absolute atomic E-state index is 13.1. The summed E-state index contributed by atoms with van der Waals surface area (Å²) in [5.41, 5.74) is -0.290. The minimum atomic E-state index is -2.20. The van der Waals surface area contributed by atoms with Gasteiger partial charge >= 0.3 is 0 Å². The Morgan fingerprint density at radius 3 is 2.75 bits per heavy atom. The molecule has 2 fully saturated rings. The van der Waals surface area contributed by atoms with E-state index in [4.69, 9.17) is 4.74 Å². The molecule has 94 valence electrons. The Kier molecular flexibility index (Phi) is 3.50. The fourth-order valence-corrected chi connectivity index (χ4v) is 3.30. The molecule has 2 aliphatic rings. The van der Waals surface area contributed by atoms with Crippen molar-refractivity contribution in [1.29, 1.82) is 0 Å². The molecule has 16 heavy (non-hydrogen) atoms. The number of rotatable bonds is 2. The first-order valence-corrected chi connectivity index (χ1v) is 6.19. The number of alkyl halides is 2. The SMILES string of the molecule is CCN1CC[C@H](C(F)F)[C@]2(COC(C)C2)C1. The van der Waals surface area contributed by atoms with Gasteiger partial charge in [0.25, 0.3) is 0 Å². The van der Waals surface area contributed by atoms with Crippen molar-refractivity contribution < 1.29 is 13.5 Å². The van der Waals surface area contributed by atoms with Crippen molar-refractivity contribution in [2.45, 2.75) is 39.2 Å². The Balaban J connectivity index is 2.14. The third-order valence-electron chi connectivity index (χ3n) is 4.18. The molecule has 2 saturated heterocycles. The Morgan fingerprint density at radius 1 is 1.50 bits per heavy atom. The van der Waals surface area contributed by atoms with Crippen LogP contribution in [-0.2, 0) is 4.74 Å². The highest BCUT2D eigenvalue weighted by Gasteiger charge is 2.51. The predicted octanol–water partition coefficient (Wildman–Crippen LogP) is 2.39. The van der Waals surface area contributed by atoms with E-state index >= 15 is 0 Å². The van der Waals surface area contributed by atoms with Crippen molar-refractivity contribution in [2.24, 2.45) is 11.3 Å². The number of piperidine rings is 1. The minimum absolute atomic E-state index is 0.137. The Labute approximate surface area is 95.9 Å². The van der Waals surface area contributed by atoms with Crippen LogP contribution in [0.1, 0.15) is 26.7 Å². The number of nitrogens with zero attached hydrogens (tertiary/aromatic N) is 1. The number of likely N-dealkylation sites (tertiary alicyclic amines) is 1. The second-order valence-electron chi connectivity index (χ2n) is 5.29. The van der Waals surface area contributed by atoms with E-state index in [1.54, 1.807) is 0 Å². The largest absolute Gasteiger partial charge is 0.378 e. The third-order valence-corrected chi connectivity index (χ3v) is 4.18. The van der Waals surface area contributed by atoms with Crippen molar-refractivity contribution in [2.75, 3.05) is 26.2 Å². The van der Waals surface area contributed by atoms with Gasteiger partial charge in [-0.05, 0) is 32.9 Å². The maximum Gasteiger partial charge on any atom is 0.242 e. The molecule has 2 rings (SSSR count). The molecule has 2 nitrogen and oxygen atoms in total. The zero-order chi connectivity index (χ0) is 11.8. The van der Waals surface area contributed by atoms with E-state index in [-0.39, 0.29) is 11.5 Å². The number of hydrogen-bond donors (Lipinski definition) is 0. The Morgan fingerprint density at radius 2 is 2.25 bits per heavy atom. The summed E-state index contributed by atoms with van der Waals surface area (Å²) in [4.78, 5) is 2.28. The molecular weight excluding hydrogens is 212 g/mol. The van der Waals surface area contributed by atoms with Gasteiger partial charge in [0.15, 0.2) is 0 Å². The lowest BCUT2D eigenvalue weighted by atomic mass is 9.69. The van der Waals surface area contributed by atoms with Gasteiger partial charge in [0.2, 0.25) is 6.43 Å². The van der Waals surface area contributed by atoms with Crippen LogP contribution >= 0.6 is 0 Å². The average molecular weight is 233 g/mol. The molecule has 0 aromatic heterocycles. The smallest absolute Gasteiger partial charge is 0.242 e. The van der Waals surface area contributed by atoms with Crippen LogP contribution < -0.4 is 0 Å². The second-order valence-corrected chi connectivity index (χ2v) is 5.29. The van der Waals surface area contributed by atoms with Crippen LogP contribution in [0.5, 0.6) is 0 Å². The summed E-state index contributed by atoms with van der Waals surface area (Å²) in [5, 5.41) is 0. The van der Waals surface area contributed by atoms with Crippen LogP contribution in [0.15, 0.2) is 0 Å². The molecule has 4 heteroatoms. The van der Waals surface area contributed by atoms with Crippen LogP contribution in [0.25, 0.3) is 0 Å². The summed E-state index contributed by atoms with van der Waals surface area (Å²) in [6.45, 7) is 7.13. The number of ether oxygens (including phenoxy) is 1. The van der Waals surface area contributed by atoms with Crippen LogP contribution in [0.2, 0.25) is 0 Å². The standard InChI is InChI=1S/C12H21F2NO/c1-3-15-5-4-10(11(13)14)12(7-15)6-9(2)16-8-12/h9-11H,3-8H2,1-2H3/t9?,10-,12+/m1/s1. The lowest BCUT2D eigenvalue weighted by molar-refractivity contribution is -0.0637. The van der Waals surface area contributed by atoms with E-state index in [2.05, 4.69) is 11.8 Å². The maximum atomic E-state index is 13.1. The monoisotopic (exact) mass is 233 g/mol. The van der Waals surface area contributed by atoms with Gasteiger partial charge in [0.1, 0.15) is 0 Å². The summed E-state index contributed by atoms with van der Waals surface area (Å²) >= 11 is 0. The van der Waals surface area contributed by atoms with Gasteiger partial charge in [-0.1, -0.05) is 6.92 Å². The fraction of sp³-hybridized carbons (Fsp3) is 1.00. The van der Waals surface area contributed by atoms with E-state index < -0.39 is 12.3 Å². The van der Waals surface area contributed by atoms with Crippen molar-refractivity contribution >= 4 is 0 Å². The first kappa shape index (κ1) is 12.2. The summed E-state index contributed by atoms with van der Waals surface area (Å²) in [6, 6.07) is 0. The molecule has 0 saturated carbocycles. The molecule has 0 aromatic rings. The van der Waals surface area contributed by atoms with Crippen LogP contribution in [0.4, 0.5) is 8.78 Å². The topological polar surface area (TPSA) is 12.5 Å². The predicted molar refractivity (Wildman–Crippen MR) is 58.7 cm³/mol. The van der Waals surface area contributed by atoms with Gasteiger partial charge in [0.05, 0.1) is 12.7 Å². The average Bonchev–Trinajstić information content (AvgIpc) is 2.59. The Bertz CT molecular complexity index is 249. The van der Waals surface area contributed by atoms with Gasteiger partial charge in [-0.3, -0.25) is 0 Å². The number of hydrogen-bond acceptors (Lipinski definition) is 2. The lowest BCUT2D eigenvalue weighted by Crippen LogP contribution is -2.51. The van der Waals surface area contributed by atoms with Crippen LogP contribution in [0.3, 0.4) is 0 Å². The molecule has 0 aromatic carbocycles. The molecular formula is C12H21F2NO. The van der Waals surface area contributed by atoms with E-state index in [0.717, 1.165) is 26.1 Å². The van der Waals surface area contributed by atoms with Gasteiger partial charge < -0.3 is 9.64 Å². The van der Waals surface area contributed by atoms with Gasteiger partial charge in [-0.25, -0.2) is 8.78 Å². The highest BCUT2D eigenvalue weighted by molar-refractivity contribution is 4.98. The highest BCUT2D eigenvalue weighted by Crippen LogP contribution is 2.46. The van der Waals surface area contributed by atoms with Crippen LogP contribution in [-0.4, -0.2) is 43.7 Å². The van der Waals surface area contributed by atoms with Gasteiger partial charge in [0, 0.05) is 17.9 Å². The summed E-state index contributed by atoms with van der Waals surface area (Å²) < 4.78 is 31.8. The fourth-order valence-electron chi connectivity index (χ4n) is 3.30. The molecule has 0 amide bonds. The Hall–Kier alpha value is -0.220. The van der Waals surface area contributed by atoms with Crippen molar-refractivity contribution in [3.8, 4) is 0 Å². The van der Waals surface area contributed by atoms with Crippen LogP contribution in [0, 0.1) is 11.3 Å². The third kappa shape index (κ3) is 2.09. The first-order valence-electron chi connectivity index (χ1n) is 6.19. The summed E-state index contributed by atoms with van der Waals surface area (Å²) in [5.74, 6) is -0.472. The zero-order valence-electron chi connectivity index (χ0n) is 10.1. The zero-order valence-corrected chi connectivity index (χ0v) is 10.1. The summed E-state index contributed by atoms with van der Waals surface area (Å²) in [6.07, 6.45) is -0.661. The highest BCUT2D eigenvalue weighted by atomic mass is 19.3. The molecule has 0 N–H and O–H groups in total. The van der Waals surface area contributed by atoms with E-state index in [0.29, 0.717) is 13.0 Å². The molecule has 0 bridgehead atoms. The molecule has 1 unspecified atom stereocenters. The molecule has 0 radical (unpaired) electrons. The van der Waals surface area contributed by atoms with Gasteiger partial charge in [-0.2, -0.15) is 0 Å². The quantitative estimate of drug-likeness (QED) is 0.726. The van der Waals surface area contributed by atoms with Gasteiger partial charge in [-0.15, -0.1) is 0 Å². The normalized spacial score (nSPS) is 41.1. The van der Waals surface area contributed by atoms with Crippen molar-refractivity contribution in [3.05, 3.63) is 0 Å². The van der Waals surface area contributed by atoms with Crippen molar-refractivity contribution in [3.63, 3.8) is 0 Å². The minimum Gasteiger partial charge on any atom is -0.378 e. The van der Waals surface area contributed by atoms with E-state index in [1.165, 1.54) is 0 Å². The molecule has 1 spiro atoms. The number of halogens is 2. The first-order chi connectivity index (χ1) is 7.57. The molecule has 2 heterocycles. The molecule has 3 atom stereocenters. The molecule has 0 aliphatic carbocycles. The van der Waals surface area contributed by atoms with Crippen molar-refractivity contribution in [1.82, 2.24) is 4.90 Å². The second kappa shape index (κ2) is 4.57. The summed E-state index contributed by atoms with van der Waals surface area (Å²) in [7, 11) is 0.